The van der Waals surface area contributed by atoms with Gasteiger partial charge in [-0.25, -0.2) is 4.79 Å². The lowest BCUT2D eigenvalue weighted by Gasteiger charge is -2.19. The van der Waals surface area contributed by atoms with Crippen LogP contribution < -0.4 is 14.2 Å². The molecule has 0 saturated carbocycles. The zero-order valence-electron chi connectivity index (χ0n) is 7.29. The Morgan fingerprint density at radius 1 is 1.15 bits per heavy atom. The van der Waals surface area contributed by atoms with Crippen LogP contribution >= 0.6 is 0 Å². The third-order valence-electron chi connectivity index (χ3n) is 1.91. The van der Waals surface area contributed by atoms with E-state index in [1.54, 1.807) is 12.1 Å². The van der Waals surface area contributed by atoms with Crippen LogP contribution in [0, 0.1) is 0 Å². The Balaban J connectivity index is 2.51. The summed E-state index contributed by atoms with van der Waals surface area (Å²) in [5, 5.41) is 0. The molecule has 0 N–H and O–H groups in total. The molecule has 0 fully saturated rings. The van der Waals surface area contributed by atoms with Crippen LogP contribution in [0.5, 0.6) is 17.2 Å². The van der Waals surface area contributed by atoms with Crippen LogP contribution in [-0.4, -0.2) is 20.2 Å². The van der Waals surface area contributed by atoms with E-state index in [4.69, 9.17) is 14.2 Å². The first-order valence-electron chi connectivity index (χ1n) is 3.74. The van der Waals surface area contributed by atoms with E-state index < -0.39 is 0 Å². The van der Waals surface area contributed by atoms with Gasteiger partial charge in [0.15, 0.2) is 11.5 Å². The van der Waals surface area contributed by atoms with Crippen molar-refractivity contribution in [1.29, 1.82) is 0 Å². The first-order chi connectivity index (χ1) is 6.26. The minimum Gasteiger partial charge on any atom is -0.493 e. The van der Waals surface area contributed by atoms with Crippen molar-refractivity contribution in [2.45, 2.75) is 0 Å². The van der Waals surface area contributed by atoms with Gasteiger partial charge in [0.25, 0.3) is 0 Å². The molecule has 4 nitrogen and oxygen atoms in total. The highest BCUT2D eigenvalue weighted by Gasteiger charge is 2.28. The maximum absolute atomic E-state index is 10.9. The van der Waals surface area contributed by atoms with Crippen LogP contribution in [0.15, 0.2) is 12.1 Å². The highest BCUT2D eigenvalue weighted by molar-refractivity contribution is 6.02. The fourth-order valence-corrected chi connectivity index (χ4v) is 1.21. The van der Waals surface area contributed by atoms with E-state index in [2.05, 4.69) is 0 Å². The lowest BCUT2D eigenvalue weighted by atomic mass is 10.1. The maximum Gasteiger partial charge on any atom is 0.347 e. The molecule has 0 saturated heterocycles. The summed E-state index contributed by atoms with van der Waals surface area (Å²) in [5.41, 5.74) is 0.539. The number of ether oxygens (including phenoxy) is 3. The molecular formula is C9H8O4. The molecule has 0 unspecified atom stereocenters. The van der Waals surface area contributed by atoms with Crippen LogP contribution in [0.2, 0.25) is 0 Å². The number of carbonyl (C=O) groups excluding carboxylic acids is 1. The van der Waals surface area contributed by atoms with Crippen molar-refractivity contribution in [2.75, 3.05) is 14.2 Å². The number of fused-ring (bicyclic) bond motifs is 1. The molecule has 1 aromatic rings. The topological polar surface area (TPSA) is 44.8 Å². The van der Waals surface area contributed by atoms with Gasteiger partial charge in [0.1, 0.15) is 11.3 Å². The van der Waals surface area contributed by atoms with Gasteiger partial charge in [0, 0.05) is 12.1 Å². The predicted molar refractivity (Wildman–Crippen MR) is 44.5 cm³/mol. The summed E-state index contributed by atoms with van der Waals surface area (Å²) in [6, 6.07) is 3.25. The SMILES string of the molecule is COc1cc2c(cc1OC)C(=O)O2. The largest absolute Gasteiger partial charge is 0.493 e. The Hall–Kier alpha value is -1.71. The first kappa shape index (κ1) is 7.91. The molecule has 0 atom stereocenters. The Bertz CT molecular complexity index is 370. The van der Waals surface area contributed by atoms with Crippen LogP contribution in [0.25, 0.3) is 0 Å². The molecule has 2 rings (SSSR count). The van der Waals surface area contributed by atoms with Crippen molar-refractivity contribution >= 4 is 5.97 Å². The average molecular weight is 180 g/mol. The Labute approximate surface area is 75.0 Å². The second-order valence-electron chi connectivity index (χ2n) is 2.59. The molecule has 0 amide bonds. The summed E-state index contributed by atoms with van der Waals surface area (Å²) in [7, 11) is 3.05. The summed E-state index contributed by atoms with van der Waals surface area (Å²) in [5.74, 6) is 1.32. The summed E-state index contributed by atoms with van der Waals surface area (Å²) < 4.78 is 14.8. The standard InChI is InChI=1S/C9H8O4/c1-11-7-3-5-6(13-9(5)10)4-8(7)12-2/h3-4H,1-2H3. The minimum absolute atomic E-state index is 0.323. The normalized spacial score (nSPS) is 12.6. The molecule has 13 heavy (non-hydrogen) atoms. The van der Waals surface area contributed by atoms with Crippen LogP contribution in [0.4, 0.5) is 0 Å². The number of hydrogen-bond acceptors (Lipinski definition) is 4. The van der Waals surface area contributed by atoms with E-state index >= 15 is 0 Å². The smallest absolute Gasteiger partial charge is 0.347 e. The molecule has 1 heterocycles. The van der Waals surface area contributed by atoms with Gasteiger partial charge in [0.2, 0.25) is 0 Å². The second-order valence-corrected chi connectivity index (χ2v) is 2.59. The summed E-state index contributed by atoms with van der Waals surface area (Å²) >= 11 is 0. The van der Waals surface area contributed by atoms with Crippen molar-refractivity contribution in [2.24, 2.45) is 0 Å². The Morgan fingerprint density at radius 3 is 2.31 bits per heavy atom. The van der Waals surface area contributed by atoms with Crippen LogP contribution in [0.3, 0.4) is 0 Å². The molecule has 0 aliphatic carbocycles. The molecule has 1 aromatic carbocycles. The molecule has 1 aliphatic rings. The number of benzene rings is 1. The first-order valence-corrected chi connectivity index (χ1v) is 3.74. The van der Waals surface area contributed by atoms with E-state index in [9.17, 15) is 4.79 Å². The number of methoxy groups -OCH3 is 2. The van der Waals surface area contributed by atoms with Gasteiger partial charge in [-0.2, -0.15) is 0 Å². The second kappa shape index (κ2) is 2.65. The van der Waals surface area contributed by atoms with Crippen molar-refractivity contribution in [3.63, 3.8) is 0 Å². The van der Waals surface area contributed by atoms with Crippen molar-refractivity contribution in [1.82, 2.24) is 0 Å². The van der Waals surface area contributed by atoms with Crippen LogP contribution in [-0.2, 0) is 0 Å². The van der Waals surface area contributed by atoms with Gasteiger partial charge in [-0.15, -0.1) is 0 Å². The van der Waals surface area contributed by atoms with E-state index in [0.717, 1.165) is 0 Å². The summed E-state index contributed by atoms with van der Waals surface area (Å²) in [4.78, 5) is 10.9. The third-order valence-corrected chi connectivity index (χ3v) is 1.91. The number of esters is 1. The quantitative estimate of drug-likeness (QED) is 0.642. The Kier molecular flexibility index (Phi) is 1.62. The number of hydrogen-bond donors (Lipinski definition) is 0. The average Bonchev–Trinajstić information content (AvgIpc) is 2.15. The van der Waals surface area contributed by atoms with Crippen molar-refractivity contribution in [3.8, 4) is 17.2 Å². The molecule has 1 aliphatic heterocycles. The fourth-order valence-electron chi connectivity index (χ4n) is 1.21. The highest BCUT2D eigenvalue weighted by Crippen LogP contribution is 2.39. The molecular weight excluding hydrogens is 172 g/mol. The molecule has 0 aromatic heterocycles. The van der Waals surface area contributed by atoms with Gasteiger partial charge in [0.05, 0.1) is 14.2 Å². The summed E-state index contributed by atoms with van der Waals surface area (Å²) in [6.45, 7) is 0. The number of rotatable bonds is 2. The minimum atomic E-state index is -0.323. The fraction of sp³-hybridized carbons (Fsp3) is 0.222. The highest BCUT2D eigenvalue weighted by atomic mass is 16.6. The Morgan fingerprint density at radius 2 is 1.77 bits per heavy atom. The predicted octanol–water partition coefficient (Wildman–Crippen LogP) is 1.24. The lowest BCUT2D eigenvalue weighted by molar-refractivity contribution is 0.0657. The zero-order chi connectivity index (χ0) is 9.42. The van der Waals surface area contributed by atoms with Crippen molar-refractivity contribution < 1.29 is 19.0 Å². The van der Waals surface area contributed by atoms with Gasteiger partial charge < -0.3 is 14.2 Å². The maximum atomic E-state index is 10.9. The monoisotopic (exact) mass is 180 g/mol. The molecule has 0 bridgehead atoms. The zero-order valence-corrected chi connectivity index (χ0v) is 7.29. The van der Waals surface area contributed by atoms with Crippen LogP contribution in [0.1, 0.15) is 10.4 Å². The lowest BCUT2D eigenvalue weighted by Crippen LogP contribution is -2.20. The third kappa shape index (κ3) is 1.02. The molecule has 0 spiro atoms. The number of carbonyl (C=O) groups is 1. The van der Waals surface area contributed by atoms with E-state index in [1.165, 1.54) is 14.2 Å². The molecule has 68 valence electrons. The van der Waals surface area contributed by atoms with E-state index in [1.807, 2.05) is 0 Å². The van der Waals surface area contributed by atoms with Crippen molar-refractivity contribution in [3.05, 3.63) is 17.7 Å². The van der Waals surface area contributed by atoms with Gasteiger partial charge in [-0.3, -0.25) is 0 Å². The summed E-state index contributed by atoms with van der Waals surface area (Å²) in [6.07, 6.45) is 0. The van der Waals surface area contributed by atoms with Gasteiger partial charge in [-0.1, -0.05) is 0 Å². The van der Waals surface area contributed by atoms with E-state index in [-0.39, 0.29) is 5.97 Å². The van der Waals surface area contributed by atoms with Gasteiger partial charge >= 0.3 is 5.97 Å². The molecule has 4 heteroatoms. The van der Waals surface area contributed by atoms with Gasteiger partial charge in [-0.05, 0) is 0 Å². The van der Waals surface area contributed by atoms with E-state index in [0.29, 0.717) is 22.8 Å². The molecule has 0 radical (unpaired) electrons.